The van der Waals surface area contributed by atoms with Gasteiger partial charge in [-0.1, -0.05) is 27.2 Å². The minimum atomic E-state index is 0.402. The zero-order chi connectivity index (χ0) is 12.2. The summed E-state index contributed by atoms with van der Waals surface area (Å²) < 4.78 is 5.88. The Morgan fingerprint density at radius 3 is 2.44 bits per heavy atom. The summed E-state index contributed by atoms with van der Waals surface area (Å²) >= 11 is 0. The Labute approximate surface area is 101 Å². The molecule has 1 aliphatic carbocycles. The van der Waals surface area contributed by atoms with Crippen LogP contribution in [0.4, 0.5) is 0 Å². The largest absolute Gasteiger partial charge is 0.378 e. The molecule has 2 nitrogen and oxygen atoms in total. The van der Waals surface area contributed by atoms with Crippen LogP contribution in [0.2, 0.25) is 0 Å². The number of ether oxygens (including phenoxy) is 1. The Kier molecular flexibility index (Phi) is 5.26. The van der Waals surface area contributed by atoms with E-state index in [2.05, 4.69) is 27.7 Å². The summed E-state index contributed by atoms with van der Waals surface area (Å²) in [5.41, 5.74) is 6.28. The molecule has 96 valence electrons. The predicted octanol–water partition coefficient (Wildman–Crippen LogP) is 3.20. The molecule has 0 saturated heterocycles. The molecule has 1 aliphatic rings. The molecular formula is C14H29NO. The van der Waals surface area contributed by atoms with Gasteiger partial charge in [-0.2, -0.15) is 0 Å². The molecule has 0 spiro atoms. The van der Waals surface area contributed by atoms with Crippen LogP contribution in [0, 0.1) is 17.3 Å². The second kappa shape index (κ2) is 6.02. The van der Waals surface area contributed by atoms with Gasteiger partial charge in [-0.15, -0.1) is 0 Å². The topological polar surface area (TPSA) is 35.2 Å². The van der Waals surface area contributed by atoms with Crippen LogP contribution in [0.1, 0.15) is 53.4 Å². The maximum Gasteiger partial charge on any atom is 0.0618 e. The molecule has 1 fully saturated rings. The van der Waals surface area contributed by atoms with Crippen molar-refractivity contribution >= 4 is 0 Å². The molecule has 3 atom stereocenters. The molecule has 0 heterocycles. The van der Waals surface area contributed by atoms with Gasteiger partial charge in [0.15, 0.2) is 0 Å². The molecule has 0 aromatic rings. The van der Waals surface area contributed by atoms with E-state index in [1.807, 2.05) is 0 Å². The first-order valence-corrected chi connectivity index (χ1v) is 6.86. The second-order valence-electron chi connectivity index (χ2n) is 5.84. The fourth-order valence-electron chi connectivity index (χ4n) is 2.88. The van der Waals surface area contributed by atoms with Crippen LogP contribution in [0.25, 0.3) is 0 Å². The predicted molar refractivity (Wildman–Crippen MR) is 69.4 cm³/mol. The minimum Gasteiger partial charge on any atom is -0.378 e. The van der Waals surface area contributed by atoms with Crippen LogP contribution >= 0.6 is 0 Å². The van der Waals surface area contributed by atoms with Gasteiger partial charge in [-0.05, 0) is 50.0 Å². The Balaban J connectivity index is 2.61. The minimum absolute atomic E-state index is 0.402. The quantitative estimate of drug-likeness (QED) is 0.783. The van der Waals surface area contributed by atoms with Crippen LogP contribution in [0.3, 0.4) is 0 Å². The van der Waals surface area contributed by atoms with Crippen molar-refractivity contribution in [1.29, 1.82) is 0 Å². The Morgan fingerprint density at radius 2 is 1.94 bits per heavy atom. The molecule has 0 aromatic heterocycles. The normalized spacial score (nSPS) is 31.7. The third-order valence-electron chi connectivity index (χ3n) is 4.63. The van der Waals surface area contributed by atoms with Crippen molar-refractivity contribution in [2.45, 2.75) is 59.5 Å². The standard InChI is InChI=1S/C14H29NO/c1-5-14(3,4)12-8-7-11(10-15)13(9-12)16-6-2/h11-13H,5-10,15H2,1-4H3. The van der Waals surface area contributed by atoms with Gasteiger partial charge in [-0.25, -0.2) is 0 Å². The van der Waals surface area contributed by atoms with Crippen molar-refractivity contribution in [2.75, 3.05) is 13.2 Å². The molecule has 16 heavy (non-hydrogen) atoms. The molecule has 0 radical (unpaired) electrons. The summed E-state index contributed by atoms with van der Waals surface area (Å²) in [6, 6.07) is 0. The van der Waals surface area contributed by atoms with Gasteiger partial charge in [0.1, 0.15) is 0 Å². The first kappa shape index (κ1) is 14.0. The molecule has 0 amide bonds. The van der Waals surface area contributed by atoms with Crippen molar-refractivity contribution in [2.24, 2.45) is 23.0 Å². The summed E-state index contributed by atoms with van der Waals surface area (Å²) in [7, 11) is 0. The van der Waals surface area contributed by atoms with E-state index < -0.39 is 0 Å². The number of nitrogens with two attached hydrogens (primary N) is 1. The molecule has 1 rings (SSSR count). The molecular weight excluding hydrogens is 198 g/mol. The van der Waals surface area contributed by atoms with Crippen LogP contribution in [0.5, 0.6) is 0 Å². The Morgan fingerprint density at radius 1 is 1.25 bits per heavy atom. The summed E-state index contributed by atoms with van der Waals surface area (Å²) in [5, 5.41) is 0. The van der Waals surface area contributed by atoms with Gasteiger partial charge in [-0.3, -0.25) is 0 Å². The van der Waals surface area contributed by atoms with E-state index >= 15 is 0 Å². The monoisotopic (exact) mass is 227 g/mol. The first-order chi connectivity index (χ1) is 7.55. The van der Waals surface area contributed by atoms with E-state index in [-0.39, 0.29) is 0 Å². The molecule has 0 aliphatic heterocycles. The van der Waals surface area contributed by atoms with Crippen molar-refractivity contribution in [3.63, 3.8) is 0 Å². The van der Waals surface area contributed by atoms with Gasteiger partial charge >= 0.3 is 0 Å². The highest BCUT2D eigenvalue weighted by atomic mass is 16.5. The van der Waals surface area contributed by atoms with Crippen molar-refractivity contribution in [3.05, 3.63) is 0 Å². The summed E-state index contributed by atoms with van der Waals surface area (Å²) in [6.45, 7) is 10.8. The van der Waals surface area contributed by atoms with Crippen molar-refractivity contribution < 1.29 is 4.74 Å². The summed E-state index contributed by atoms with van der Waals surface area (Å²) in [5.74, 6) is 1.39. The average molecular weight is 227 g/mol. The van der Waals surface area contributed by atoms with Gasteiger partial charge in [0, 0.05) is 6.61 Å². The van der Waals surface area contributed by atoms with Crippen LogP contribution in [-0.2, 0) is 4.74 Å². The lowest BCUT2D eigenvalue weighted by molar-refractivity contribution is -0.0388. The van der Waals surface area contributed by atoms with Gasteiger partial charge in [0.25, 0.3) is 0 Å². The van der Waals surface area contributed by atoms with Crippen LogP contribution in [-0.4, -0.2) is 19.3 Å². The first-order valence-electron chi connectivity index (χ1n) is 6.86. The van der Waals surface area contributed by atoms with Gasteiger partial charge < -0.3 is 10.5 Å². The van der Waals surface area contributed by atoms with Gasteiger partial charge in [0.05, 0.1) is 6.10 Å². The van der Waals surface area contributed by atoms with E-state index in [1.165, 1.54) is 25.7 Å². The van der Waals surface area contributed by atoms with E-state index in [0.29, 0.717) is 17.4 Å². The second-order valence-corrected chi connectivity index (χ2v) is 5.84. The van der Waals surface area contributed by atoms with Crippen molar-refractivity contribution in [1.82, 2.24) is 0 Å². The zero-order valence-corrected chi connectivity index (χ0v) is 11.5. The summed E-state index contributed by atoms with van der Waals surface area (Å²) in [6.07, 6.45) is 5.43. The lowest BCUT2D eigenvalue weighted by atomic mass is 9.66. The van der Waals surface area contributed by atoms with E-state index in [1.54, 1.807) is 0 Å². The fourth-order valence-corrected chi connectivity index (χ4v) is 2.88. The molecule has 0 aromatic carbocycles. The summed E-state index contributed by atoms with van der Waals surface area (Å²) in [4.78, 5) is 0. The smallest absolute Gasteiger partial charge is 0.0618 e. The maximum absolute atomic E-state index is 5.88. The lowest BCUT2D eigenvalue weighted by Crippen LogP contribution is -2.40. The van der Waals surface area contributed by atoms with Crippen LogP contribution in [0.15, 0.2) is 0 Å². The fraction of sp³-hybridized carbons (Fsp3) is 1.00. The maximum atomic E-state index is 5.88. The Hall–Kier alpha value is -0.0800. The molecule has 3 unspecified atom stereocenters. The third kappa shape index (κ3) is 3.21. The van der Waals surface area contributed by atoms with E-state index in [9.17, 15) is 0 Å². The van der Waals surface area contributed by atoms with Crippen molar-refractivity contribution in [3.8, 4) is 0 Å². The highest BCUT2D eigenvalue weighted by molar-refractivity contribution is 4.88. The molecule has 0 bridgehead atoms. The number of rotatable bonds is 5. The molecule has 1 saturated carbocycles. The van der Waals surface area contributed by atoms with Crippen LogP contribution < -0.4 is 5.73 Å². The zero-order valence-electron chi connectivity index (χ0n) is 11.5. The lowest BCUT2D eigenvalue weighted by Gasteiger charge is -2.42. The highest BCUT2D eigenvalue weighted by Crippen LogP contribution is 2.42. The SMILES string of the molecule is CCOC1CC(C(C)(C)CC)CCC1CN. The Bertz CT molecular complexity index is 203. The average Bonchev–Trinajstić information content (AvgIpc) is 2.29. The molecule has 2 heteroatoms. The highest BCUT2D eigenvalue weighted by Gasteiger charge is 2.36. The van der Waals surface area contributed by atoms with E-state index in [4.69, 9.17) is 10.5 Å². The number of hydrogen-bond acceptors (Lipinski definition) is 2. The van der Waals surface area contributed by atoms with E-state index in [0.717, 1.165) is 19.1 Å². The third-order valence-corrected chi connectivity index (χ3v) is 4.63. The van der Waals surface area contributed by atoms with Gasteiger partial charge in [0.2, 0.25) is 0 Å². The number of hydrogen-bond donors (Lipinski definition) is 1. The molecule has 2 N–H and O–H groups in total.